The zero-order valence-corrected chi connectivity index (χ0v) is 31.7. The van der Waals surface area contributed by atoms with Crippen molar-refractivity contribution in [3.63, 3.8) is 0 Å². The number of aryl methyl sites for hydroxylation is 1. The largest absolute Gasteiger partial charge is 3.00 e. The van der Waals surface area contributed by atoms with Crippen molar-refractivity contribution in [3.05, 3.63) is 126 Å². The van der Waals surface area contributed by atoms with E-state index < -0.39 is 0 Å². The number of hydrogen-bond donors (Lipinski definition) is 0. The van der Waals surface area contributed by atoms with E-state index in [2.05, 4.69) is 109 Å². The molecule has 0 amide bonds. The van der Waals surface area contributed by atoms with Crippen molar-refractivity contribution in [1.29, 1.82) is 0 Å². The van der Waals surface area contributed by atoms with Crippen molar-refractivity contribution in [2.24, 2.45) is 0 Å². The zero-order valence-electron chi connectivity index (χ0n) is 28.9. The summed E-state index contributed by atoms with van der Waals surface area (Å²) in [5.74, 6) is 1.03. The number of para-hydroxylation sites is 2. The SMILES string of the molecule is COc1c(C(C)(C)C)cc(C)cc1C(C)(C)C1=[C-]C(C)=CC1.[CH2-]c1ccccc1N(C)C.[CH2-]c1ccccc1N(C)C.[Y+3]. The van der Waals surface area contributed by atoms with Crippen molar-refractivity contribution in [3.8, 4) is 5.75 Å². The number of allylic oxidation sites excluding steroid dienone is 4. The van der Waals surface area contributed by atoms with Crippen LogP contribution >= 0.6 is 0 Å². The fraction of sp³-hybridized carbons (Fsp3) is 0.385. The molecule has 3 aromatic rings. The molecule has 0 bridgehead atoms. The fourth-order valence-corrected chi connectivity index (χ4v) is 5.08. The Morgan fingerprint density at radius 2 is 1.19 bits per heavy atom. The van der Waals surface area contributed by atoms with Gasteiger partial charge < -0.3 is 14.5 Å². The second-order valence-electron chi connectivity index (χ2n) is 13.0. The third-order valence-electron chi connectivity index (χ3n) is 7.58. The maximum Gasteiger partial charge on any atom is 3.00 e. The number of ether oxygens (including phenoxy) is 1. The Morgan fingerprint density at radius 1 is 0.744 bits per heavy atom. The number of anilines is 2. The van der Waals surface area contributed by atoms with Gasteiger partial charge in [0, 0.05) is 11.1 Å². The van der Waals surface area contributed by atoms with Gasteiger partial charge in [-0.1, -0.05) is 101 Å². The molecule has 228 valence electrons. The summed E-state index contributed by atoms with van der Waals surface area (Å²) in [7, 11) is 9.86. The molecule has 4 rings (SSSR count). The van der Waals surface area contributed by atoms with E-state index in [1.807, 2.05) is 64.6 Å². The van der Waals surface area contributed by atoms with Gasteiger partial charge in [-0.3, -0.25) is 0 Å². The molecule has 0 atom stereocenters. The van der Waals surface area contributed by atoms with Gasteiger partial charge >= 0.3 is 32.7 Å². The van der Waals surface area contributed by atoms with E-state index in [1.165, 1.54) is 39.2 Å². The molecule has 43 heavy (non-hydrogen) atoms. The van der Waals surface area contributed by atoms with Gasteiger partial charge in [-0.2, -0.15) is 42.7 Å². The van der Waals surface area contributed by atoms with Crippen molar-refractivity contribution in [2.45, 2.75) is 65.7 Å². The van der Waals surface area contributed by atoms with Crippen molar-refractivity contribution in [1.82, 2.24) is 0 Å². The first-order chi connectivity index (χ1) is 19.5. The molecule has 1 aliphatic carbocycles. The van der Waals surface area contributed by atoms with Crippen LogP contribution in [-0.2, 0) is 43.5 Å². The Morgan fingerprint density at radius 3 is 1.51 bits per heavy atom. The van der Waals surface area contributed by atoms with Crippen LogP contribution < -0.4 is 14.5 Å². The third-order valence-corrected chi connectivity index (χ3v) is 7.58. The average Bonchev–Trinajstić information content (AvgIpc) is 3.36. The zero-order chi connectivity index (χ0) is 31.8. The normalized spacial score (nSPS) is 12.4. The topological polar surface area (TPSA) is 15.7 Å². The fourth-order valence-electron chi connectivity index (χ4n) is 5.08. The molecule has 0 saturated carbocycles. The van der Waals surface area contributed by atoms with Gasteiger partial charge in [0.15, 0.2) is 0 Å². The van der Waals surface area contributed by atoms with E-state index in [0.717, 1.165) is 23.3 Å². The van der Waals surface area contributed by atoms with E-state index in [9.17, 15) is 0 Å². The second-order valence-corrected chi connectivity index (χ2v) is 13.0. The van der Waals surface area contributed by atoms with Gasteiger partial charge in [0.2, 0.25) is 0 Å². The maximum atomic E-state index is 5.87. The molecule has 0 spiro atoms. The Bertz CT molecular complexity index is 1340. The summed E-state index contributed by atoms with van der Waals surface area (Å²) in [5.41, 5.74) is 10.9. The number of methoxy groups -OCH3 is 1. The van der Waals surface area contributed by atoms with E-state index in [-0.39, 0.29) is 43.5 Å². The van der Waals surface area contributed by atoms with Crippen LogP contribution in [0.15, 0.2) is 77.9 Å². The van der Waals surface area contributed by atoms with E-state index in [0.29, 0.717) is 0 Å². The van der Waals surface area contributed by atoms with Gasteiger partial charge in [-0.25, -0.2) is 17.7 Å². The van der Waals surface area contributed by atoms with Gasteiger partial charge in [-0.05, 0) is 45.9 Å². The molecule has 0 aliphatic heterocycles. The van der Waals surface area contributed by atoms with Crippen molar-refractivity contribution in [2.75, 3.05) is 45.1 Å². The Labute approximate surface area is 289 Å². The molecule has 0 N–H and O–H groups in total. The molecule has 0 radical (unpaired) electrons. The molecule has 1 aliphatic rings. The van der Waals surface area contributed by atoms with Crippen LogP contribution in [0.1, 0.15) is 75.8 Å². The minimum absolute atomic E-state index is 0. The summed E-state index contributed by atoms with van der Waals surface area (Å²) in [6, 6.07) is 20.7. The van der Waals surface area contributed by atoms with Crippen LogP contribution in [0.3, 0.4) is 0 Å². The van der Waals surface area contributed by atoms with Crippen LogP contribution in [0.25, 0.3) is 0 Å². The number of nitrogens with zero attached hydrogens (tertiary/aromatic N) is 2. The standard InChI is InChI=1S/C21H29O.2C9H12N.Y/c1-14-9-10-16(11-14)21(6,7)18-13-15(2)12-17(19(18)22-8)20(3,4)5;2*1-8-6-4-5-7-9(8)10(2)3;/h9,12-13H,10H2,1-8H3;2*4-7H,1H2,2-3H3;/q3*-1;+3. The molecule has 4 heteroatoms. The van der Waals surface area contributed by atoms with E-state index in [1.54, 1.807) is 7.11 Å². The van der Waals surface area contributed by atoms with E-state index >= 15 is 0 Å². The smallest absolute Gasteiger partial charge is 0.496 e. The average molecular weight is 655 g/mol. The van der Waals surface area contributed by atoms with Gasteiger partial charge in [0.25, 0.3) is 0 Å². The molecule has 0 unspecified atom stereocenters. The van der Waals surface area contributed by atoms with Crippen LogP contribution in [0.5, 0.6) is 5.75 Å². The summed E-state index contributed by atoms with van der Waals surface area (Å²) >= 11 is 0. The van der Waals surface area contributed by atoms with Crippen LogP contribution in [0.4, 0.5) is 11.4 Å². The first kappa shape index (κ1) is 38.4. The number of rotatable bonds is 5. The minimum atomic E-state index is -0.0778. The predicted octanol–water partition coefficient (Wildman–Crippen LogP) is 9.53. The summed E-state index contributed by atoms with van der Waals surface area (Å²) in [5, 5.41) is 0. The molecule has 0 fully saturated rings. The Hall–Kier alpha value is -2.62. The predicted molar refractivity (Wildman–Crippen MR) is 185 cm³/mol. The summed E-state index contributed by atoms with van der Waals surface area (Å²) in [6.07, 6.45) is 6.78. The Balaban J connectivity index is 0.000000366. The molecule has 0 heterocycles. The first-order valence-electron chi connectivity index (χ1n) is 14.7. The van der Waals surface area contributed by atoms with Crippen molar-refractivity contribution < 1.29 is 37.4 Å². The summed E-state index contributed by atoms with van der Waals surface area (Å²) in [6.45, 7) is 23.4. The summed E-state index contributed by atoms with van der Waals surface area (Å²) < 4.78 is 5.87. The summed E-state index contributed by atoms with van der Waals surface area (Å²) in [4.78, 5) is 4.12. The molecular formula is C39H53N2OY. The second kappa shape index (κ2) is 16.5. The maximum absolute atomic E-state index is 5.87. The molecule has 0 aromatic heterocycles. The number of hydrogen-bond acceptors (Lipinski definition) is 3. The van der Waals surface area contributed by atoms with E-state index in [4.69, 9.17) is 4.74 Å². The molecule has 3 nitrogen and oxygen atoms in total. The minimum Gasteiger partial charge on any atom is -0.496 e. The van der Waals surface area contributed by atoms with Crippen molar-refractivity contribution >= 4 is 11.4 Å². The van der Waals surface area contributed by atoms with Gasteiger partial charge in [-0.15, -0.1) is 12.1 Å². The first-order valence-corrected chi connectivity index (χ1v) is 14.7. The molecule has 0 saturated heterocycles. The monoisotopic (exact) mass is 654 g/mol. The molecule has 3 aromatic carbocycles. The van der Waals surface area contributed by atoms with Gasteiger partial charge in [0.1, 0.15) is 5.75 Å². The van der Waals surface area contributed by atoms with Crippen LogP contribution in [0.2, 0.25) is 0 Å². The van der Waals surface area contributed by atoms with Crippen LogP contribution in [-0.4, -0.2) is 35.3 Å². The number of benzene rings is 3. The molecular weight excluding hydrogens is 601 g/mol. The quantitative estimate of drug-likeness (QED) is 0.255. The Kier molecular flexibility index (Phi) is 14.7. The van der Waals surface area contributed by atoms with Crippen LogP contribution in [0, 0.1) is 26.8 Å². The third kappa shape index (κ3) is 10.5. The van der Waals surface area contributed by atoms with Gasteiger partial charge in [0.05, 0.1) is 7.11 Å².